The average molecular weight is 446 g/mol. The first-order valence-corrected chi connectivity index (χ1v) is 10.3. The normalized spacial score (nSPS) is 18.4. The van der Waals surface area contributed by atoms with Gasteiger partial charge in [-0.1, -0.05) is 12.2 Å². The number of hydrogen-bond donors (Lipinski definition) is 0. The van der Waals surface area contributed by atoms with E-state index >= 15 is 0 Å². The van der Waals surface area contributed by atoms with Gasteiger partial charge >= 0.3 is 12.0 Å². The minimum Gasteiger partial charge on any atom is -0.483 e. The number of likely N-dealkylation sites (tertiary alicyclic amines) is 1. The van der Waals surface area contributed by atoms with Gasteiger partial charge in [0.15, 0.2) is 6.10 Å². The zero-order valence-corrected chi connectivity index (χ0v) is 19.1. The van der Waals surface area contributed by atoms with Crippen LogP contribution in [0, 0.1) is 11.3 Å². The molecule has 1 saturated heterocycles. The van der Waals surface area contributed by atoms with Gasteiger partial charge in [0.1, 0.15) is 17.4 Å². The third kappa shape index (κ3) is 6.64. The molecule has 0 bridgehead atoms. The zero-order chi connectivity index (χ0) is 24.1. The van der Waals surface area contributed by atoms with Gasteiger partial charge in [0.25, 0.3) is 0 Å². The molecule has 0 radical (unpaired) electrons. The molecule has 2 rings (SSSR count). The second-order valence-electron chi connectivity index (χ2n) is 8.80. The first-order valence-electron chi connectivity index (χ1n) is 10.3. The van der Waals surface area contributed by atoms with E-state index < -0.39 is 30.3 Å². The molecule has 0 aromatic heterocycles. The molecule has 1 unspecified atom stereocenters. The fourth-order valence-electron chi connectivity index (χ4n) is 3.15. The second kappa shape index (κ2) is 9.94. The Morgan fingerprint density at radius 1 is 1.38 bits per heavy atom. The highest BCUT2D eigenvalue weighted by Crippen LogP contribution is 2.33. The van der Waals surface area contributed by atoms with E-state index in [1.807, 2.05) is 26.0 Å². The number of amides is 1. The number of piperidine rings is 1. The van der Waals surface area contributed by atoms with E-state index in [9.17, 15) is 18.8 Å². The van der Waals surface area contributed by atoms with E-state index in [2.05, 4.69) is 11.6 Å². The first-order chi connectivity index (χ1) is 14.9. The van der Waals surface area contributed by atoms with Gasteiger partial charge in [-0.25, -0.2) is 13.6 Å². The number of hydrogen-bond acceptors (Lipinski definition) is 5. The van der Waals surface area contributed by atoms with Crippen molar-refractivity contribution in [1.82, 2.24) is 4.90 Å². The van der Waals surface area contributed by atoms with Crippen molar-refractivity contribution in [3.05, 3.63) is 53.8 Å². The van der Waals surface area contributed by atoms with Crippen LogP contribution < -0.4 is 4.74 Å². The zero-order valence-electron chi connectivity index (χ0n) is 19.1. The average Bonchev–Trinajstić information content (AvgIpc) is 2.67. The molecule has 6 nitrogen and oxygen atoms in total. The highest BCUT2D eigenvalue weighted by molar-refractivity contribution is 6.09. The number of ether oxygens (including phenoxy) is 2. The molecule has 8 heteroatoms. The molecular formula is C24H29F2N3O3. The molecular weight excluding hydrogens is 416 g/mol. The van der Waals surface area contributed by atoms with E-state index in [-0.39, 0.29) is 24.3 Å². The molecule has 1 amide bonds. The Kier molecular flexibility index (Phi) is 7.78. The maximum absolute atomic E-state index is 14.8. The van der Waals surface area contributed by atoms with Gasteiger partial charge in [-0.2, -0.15) is 5.26 Å². The molecule has 1 aromatic rings. The number of halogens is 2. The number of nitrogens with zero attached hydrogens (tertiary/aromatic N) is 3. The van der Waals surface area contributed by atoms with Crippen molar-refractivity contribution in [2.24, 2.45) is 4.99 Å². The molecule has 172 valence electrons. The molecule has 0 aliphatic carbocycles. The van der Waals surface area contributed by atoms with Gasteiger partial charge in [0.05, 0.1) is 17.8 Å². The molecule has 1 fully saturated rings. The summed E-state index contributed by atoms with van der Waals surface area (Å²) in [6.45, 7) is 11.7. The number of aliphatic imine (C=N–C) groups is 1. The van der Waals surface area contributed by atoms with E-state index in [1.165, 1.54) is 12.3 Å². The van der Waals surface area contributed by atoms with Crippen molar-refractivity contribution in [1.29, 1.82) is 5.26 Å². The van der Waals surface area contributed by atoms with Crippen LogP contribution in [0.5, 0.6) is 5.75 Å². The third-order valence-electron chi connectivity index (χ3n) is 4.51. The van der Waals surface area contributed by atoms with E-state index in [0.717, 1.165) is 10.5 Å². The molecule has 1 aliphatic rings. The summed E-state index contributed by atoms with van der Waals surface area (Å²) in [5.41, 5.74) is 1.58. The van der Waals surface area contributed by atoms with Crippen LogP contribution in [0.2, 0.25) is 0 Å². The van der Waals surface area contributed by atoms with Gasteiger partial charge in [-0.15, -0.1) is 0 Å². The number of benzene rings is 1. The first kappa shape index (κ1) is 25.1. The molecule has 1 aliphatic heterocycles. The van der Waals surface area contributed by atoms with Crippen LogP contribution >= 0.6 is 0 Å². The molecule has 0 spiro atoms. The summed E-state index contributed by atoms with van der Waals surface area (Å²) >= 11 is 0. The summed E-state index contributed by atoms with van der Waals surface area (Å²) in [5.74, 6) is -3.25. The fraction of sp³-hybridized carbons (Fsp3) is 0.458. The number of alkyl halides is 2. The smallest absolute Gasteiger partial charge is 0.410 e. The van der Waals surface area contributed by atoms with Gasteiger partial charge in [0.2, 0.25) is 0 Å². The Morgan fingerprint density at radius 2 is 2.06 bits per heavy atom. The van der Waals surface area contributed by atoms with Crippen molar-refractivity contribution in [3.63, 3.8) is 0 Å². The monoisotopic (exact) mass is 445 g/mol. The number of carbonyl (C=O) groups excluding carboxylic acids is 1. The van der Waals surface area contributed by atoms with Crippen LogP contribution in [0.25, 0.3) is 0 Å². The van der Waals surface area contributed by atoms with Crippen LogP contribution in [0.15, 0.2) is 47.6 Å². The second-order valence-corrected chi connectivity index (χ2v) is 8.80. The molecule has 1 atom stereocenters. The fourth-order valence-corrected chi connectivity index (χ4v) is 3.15. The van der Waals surface area contributed by atoms with Crippen LogP contribution in [0.3, 0.4) is 0 Å². The minimum absolute atomic E-state index is 0.0572. The summed E-state index contributed by atoms with van der Waals surface area (Å²) in [4.78, 5) is 17.4. The molecule has 0 N–H and O–H groups in total. The maximum Gasteiger partial charge on any atom is 0.410 e. The van der Waals surface area contributed by atoms with Crippen molar-refractivity contribution in [2.75, 3.05) is 13.1 Å². The number of carbonyl (C=O) groups is 1. The van der Waals surface area contributed by atoms with Crippen molar-refractivity contribution in [3.8, 4) is 11.8 Å². The van der Waals surface area contributed by atoms with E-state index in [1.54, 1.807) is 32.9 Å². The predicted octanol–water partition coefficient (Wildman–Crippen LogP) is 5.48. The summed E-state index contributed by atoms with van der Waals surface area (Å²) in [6, 6.07) is 6.69. The minimum atomic E-state index is -3.31. The van der Waals surface area contributed by atoms with Gasteiger partial charge in [0, 0.05) is 24.7 Å². The molecule has 0 saturated carbocycles. The molecule has 1 aromatic carbocycles. The van der Waals surface area contributed by atoms with Crippen molar-refractivity contribution >= 4 is 11.8 Å². The number of nitriles is 1. The summed E-state index contributed by atoms with van der Waals surface area (Å²) < 4.78 is 40.3. The highest BCUT2D eigenvalue weighted by atomic mass is 19.3. The lowest BCUT2D eigenvalue weighted by atomic mass is 10.0. The van der Waals surface area contributed by atoms with Crippen molar-refractivity contribution in [2.45, 2.75) is 58.7 Å². The lowest BCUT2D eigenvalue weighted by Gasteiger charge is -2.38. The Bertz CT molecular complexity index is 968. The van der Waals surface area contributed by atoms with Crippen LogP contribution in [-0.4, -0.2) is 47.4 Å². The Morgan fingerprint density at radius 3 is 2.59 bits per heavy atom. The standard InChI is InChI=1S/C24H29F2N3O3/c1-7-28-19(12-16(2)3)17-8-9-20(18(13-17)14-27)31-21-10-11-29(15-24(21,25)26)22(30)32-23(4,5)6/h7-9,12-13,21H,1,10-11,15H2,2-6H3. The molecule has 32 heavy (non-hydrogen) atoms. The summed E-state index contributed by atoms with van der Waals surface area (Å²) in [5, 5.41) is 9.56. The molecule has 1 heterocycles. The van der Waals surface area contributed by atoms with Gasteiger partial charge in [-0.3, -0.25) is 4.99 Å². The topological polar surface area (TPSA) is 74.9 Å². The van der Waals surface area contributed by atoms with Gasteiger partial charge < -0.3 is 14.4 Å². The quantitative estimate of drug-likeness (QED) is 0.563. The van der Waals surface area contributed by atoms with Gasteiger partial charge in [-0.05, 0) is 58.9 Å². The lowest BCUT2D eigenvalue weighted by molar-refractivity contribution is -0.137. The number of allylic oxidation sites excluding steroid dienone is 2. The van der Waals surface area contributed by atoms with Crippen LogP contribution in [0.4, 0.5) is 13.6 Å². The predicted molar refractivity (Wildman–Crippen MR) is 119 cm³/mol. The Balaban J connectivity index is 2.21. The Labute approximate surface area is 187 Å². The van der Waals surface area contributed by atoms with Crippen LogP contribution in [0.1, 0.15) is 52.2 Å². The van der Waals surface area contributed by atoms with Crippen molar-refractivity contribution < 1.29 is 23.0 Å². The van der Waals surface area contributed by atoms with Crippen LogP contribution in [-0.2, 0) is 4.74 Å². The van der Waals surface area contributed by atoms with E-state index in [4.69, 9.17) is 9.47 Å². The number of rotatable bonds is 5. The summed E-state index contributed by atoms with van der Waals surface area (Å²) in [7, 11) is 0. The Hall–Kier alpha value is -3.21. The SMILES string of the molecule is C=CN=C(C=C(C)C)c1ccc(OC2CCN(C(=O)OC(C)(C)C)CC2(F)F)c(C#N)c1. The maximum atomic E-state index is 14.8. The van der Waals surface area contributed by atoms with E-state index in [0.29, 0.717) is 11.3 Å². The lowest BCUT2D eigenvalue weighted by Crippen LogP contribution is -2.56. The largest absolute Gasteiger partial charge is 0.483 e. The highest BCUT2D eigenvalue weighted by Gasteiger charge is 2.48. The summed E-state index contributed by atoms with van der Waals surface area (Å²) in [6.07, 6.45) is 0.868. The third-order valence-corrected chi connectivity index (χ3v) is 4.51.